The molecule has 0 bridgehead atoms. The Balaban J connectivity index is 0. The summed E-state index contributed by atoms with van der Waals surface area (Å²) >= 11 is 5.31. The fraction of sp³-hybridized carbons (Fsp3) is 0.333. The number of hydrogen-bond donors (Lipinski definition) is 2. The largest absolute Gasteiger partial charge is 0.478 e. The van der Waals surface area contributed by atoms with Crippen LogP contribution in [0.4, 0.5) is 0 Å². The van der Waals surface area contributed by atoms with Gasteiger partial charge in [0.2, 0.25) is 0 Å². The van der Waals surface area contributed by atoms with E-state index in [0.29, 0.717) is 6.10 Å². The smallest absolute Gasteiger partial charge is 0.327 e. The highest BCUT2D eigenvalue weighted by atomic mass is 35.5. The Bertz CT molecular complexity index is 215. The van der Waals surface area contributed by atoms with Crippen molar-refractivity contribution in [3.05, 3.63) is 25.3 Å². The molecular formula is C9H13ClO5. The number of epoxide rings is 1. The quantitative estimate of drug-likeness (QED) is 0.431. The summed E-state index contributed by atoms with van der Waals surface area (Å²) in [5.74, 6) is -1.96. The second-order valence-corrected chi connectivity index (χ2v) is 2.71. The first-order valence-electron chi connectivity index (χ1n) is 3.85. The Morgan fingerprint density at radius 2 is 1.40 bits per heavy atom. The van der Waals surface area contributed by atoms with Gasteiger partial charge in [0.15, 0.2) is 5.56 Å². The van der Waals surface area contributed by atoms with Gasteiger partial charge in [-0.3, -0.25) is 0 Å². The van der Waals surface area contributed by atoms with Crippen molar-refractivity contribution in [2.45, 2.75) is 18.6 Å². The SMILES string of the molecule is C=CC(=O)O.C=CC(=O)O.CC1OC1Cl. The number of rotatable bonds is 2. The van der Waals surface area contributed by atoms with E-state index >= 15 is 0 Å². The zero-order valence-corrected chi connectivity index (χ0v) is 8.98. The van der Waals surface area contributed by atoms with Crippen LogP contribution >= 0.6 is 11.6 Å². The maximum atomic E-state index is 9.25. The van der Waals surface area contributed by atoms with Crippen LogP contribution in [0.5, 0.6) is 0 Å². The molecule has 2 N–H and O–H groups in total. The molecule has 1 aliphatic rings. The van der Waals surface area contributed by atoms with Gasteiger partial charge in [0, 0.05) is 12.2 Å². The molecule has 1 heterocycles. The highest BCUT2D eigenvalue weighted by molar-refractivity contribution is 6.21. The number of carboxylic acids is 2. The molecular weight excluding hydrogens is 224 g/mol. The second-order valence-electron chi connectivity index (χ2n) is 2.28. The predicted octanol–water partition coefficient (Wildman–Crippen LogP) is 1.48. The van der Waals surface area contributed by atoms with Gasteiger partial charge in [0.1, 0.15) is 0 Å². The molecule has 86 valence electrons. The third kappa shape index (κ3) is 19.2. The molecule has 1 saturated heterocycles. The molecule has 0 aromatic heterocycles. The lowest BCUT2D eigenvalue weighted by atomic mass is 10.6. The summed E-state index contributed by atoms with van der Waals surface area (Å²) in [5, 5.41) is 15.2. The van der Waals surface area contributed by atoms with E-state index in [9.17, 15) is 9.59 Å². The van der Waals surface area contributed by atoms with Crippen LogP contribution in [0.2, 0.25) is 0 Å². The van der Waals surface area contributed by atoms with E-state index in [1.807, 2.05) is 6.92 Å². The average Bonchev–Trinajstić information content (AvgIpc) is 2.81. The van der Waals surface area contributed by atoms with Crippen molar-refractivity contribution in [1.29, 1.82) is 0 Å². The zero-order valence-electron chi connectivity index (χ0n) is 8.22. The zero-order chi connectivity index (χ0) is 12.4. The molecule has 2 atom stereocenters. The lowest BCUT2D eigenvalue weighted by molar-refractivity contribution is -0.132. The molecule has 0 aromatic rings. The van der Waals surface area contributed by atoms with Crippen molar-refractivity contribution in [1.82, 2.24) is 0 Å². The van der Waals surface area contributed by atoms with Crippen molar-refractivity contribution in [3.8, 4) is 0 Å². The maximum absolute atomic E-state index is 9.25. The summed E-state index contributed by atoms with van der Waals surface area (Å²) in [6, 6.07) is 0. The lowest BCUT2D eigenvalue weighted by Gasteiger charge is -1.64. The van der Waals surface area contributed by atoms with Gasteiger partial charge in [-0.1, -0.05) is 24.8 Å². The molecule has 2 unspecified atom stereocenters. The Morgan fingerprint density at radius 1 is 1.27 bits per heavy atom. The molecule has 5 nitrogen and oxygen atoms in total. The monoisotopic (exact) mass is 236 g/mol. The van der Waals surface area contributed by atoms with Crippen molar-refractivity contribution >= 4 is 23.5 Å². The van der Waals surface area contributed by atoms with E-state index < -0.39 is 11.9 Å². The third-order valence-electron chi connectivity index (χ3n) is 0.986. The maximum Gasteiger partial charge on any atom is 0.327 e. The van der Waals surface area contributed by atoms with E-state index in [2.05, 4.69) is 17.9 Å². The molecule has 15 heavy (non-hydrogen) atoms. The van der Waals surface area contributed by atoms with Crippen LogP contribution in [0.15, 0.2) is 25.3 Å². The summed E-state index contributed by atoms with van der Waals surface area (Å²) in [6.07, 6.45) is 1.98. The van der Waals surface area contributed by atoms with Gasteiger partial charge < -0.3 is 14.9 Å². The number of hydrogen-bond acceptors (Lipinski definition) is 3. The number of carboxylic acid groups (broad SMARTS) is 2. The molecule has 0 amide bonds. The van der Waals surface area contributed by atoms with Crippen molar-refractivity contribution < 1.29 is 24.5 Å². The molecule has 1 fully saturated rings. The van der Waals surface area contributed by atoms with Crippen LogP contribution in [0, 0.1) is 0 Å². The first kappa shape index (κ1) is 16.1. The van der Waals surface area contributed by atoms with Crippen LogP contribution in [-0.4, -0.2) is 33.8 Å². The fourth-order valence-electron chi connectivity index (χ4n) is 0.160. The van der Waals surface area contributed by atoms with E-state index in [1.165, 1.54) is 0 Å². The predicted molar refractivity (Wildman–Crippen MR) is 55.9 cm³/mol. The number of alkyl halides is 1. The van der Waals surface area contributed by atoms with Crippen LogP contribution < -0.4 is 0 Å². The number of ether oxygens (including phenoxy) is 1. The molecule has 0 aliphatic carbocycles. The van der Waals surface area contributed by atoms with Crippen LogP contribution in [0.3, 0.4) is 0 Å². The standard InChI is InChI=1S/C3H5ClO.2C3H4O2/c1-2-3(4)5-2;2*1-2-3(4)5/h2-3H,1H3;2*2H,1H2,(H,4,5). The Hall–Kier alpha value is -1.33. The number of aliphatic carboxylic acids is 2. The van der Waals surface area contributed by atoms with Crippen molar-refractivity contribution in [3.63, 3.8) is 0 Å². The van der Waals surface area contributed by atoms with Crippen molar-refractivity contribution in [2.24, 2.45) is 0 Å². The van der Waals surface area contributed by atoms with Crippen LogP contribution in [0.25, 0.3) is 0 Å². The number of carbonyl (C=O) groups is 2. The summed E-state index contributed by atoms with van der Waals surface area (Å²) in [5.41, 5.74) is 0.0231. The summed E-state index contributed by atoms with van der Waals surface area (Å²) in [4.78, 5) is 18.5. The summed E-state index contributed by atoms with van der Waals surface area (Å²) in [6.45, 7) is 7.86. The minimum absolute atomic E-state index is 0.0231. The highest BCUT2D eigenvalue weighted by Crippen LogP contribution is 2.23. The molecule has 0 saturated carbocycles. The second kappa shape index (κ2) is 9.23. The lowest BCUT2D eigenvalue weighted by Crippen LogP contribution is -1.82. The van der Waals surface area contributed by atoms with Crippen molar-refractivity contribution in [2.75, 3.05) is 0 Å². The average molecular weight is 237 g/mol. The van der Waals surface area contributed by atoms with Gasteiger partial charge in [0.05, 0.1) is 6.10 Å². The first-order chi connectivity index (χ1) is 6.84. The molecule has 0 spiro atoms. The van der Waals surface area contributed by atoms with E-state index in [4.69, 9.17) is 21.8 Å². The van der Waals surface area contributed by atoms with Gasteiger partial charge in [-0.25, -0.2) is 9.59 Å². The normalized spacial score (nSPS) is 20.7. The van der Waals surface area contributed by atoms with Crippen LogP contribution in [-0.2, 0) is 14.3 Å². The van der Waals surface area contributed by atoms with Gasteiger partial charge in [-0.05, 0) is 6.92 Å². The van der Waals surface area contributed by atoms with Gasteiger partial charge in [0.25, 0.3) is 0 Å². The van der Waals surface area contributed by atoms with Gasteiger partial charge >= 0.3 is 11.9 Å². The Morgan fingerprint density at radius 3 is 1.40 bits per heavy atom. The Kier molecular flexibility index (Phi) is 9.92. The van der Waals surface area contributed by atoms with E-state index in [0.717, 1.165) is 12.2 Å². The highest BCUT2D eigenvalue weighted by Gasteiger charge is 2.30. The molecule has 1 aliphatic heterocycles. The minimum atomic E-state index is -0.981. The molecule has 6 heteroatoms. The fourth-order valence-corrected chi connectivity index (χ4v) is 0.322. The Labute approximate surface area is 92.6 Å². The topological polar surface area (TPSA) is 87.1 Å². The van der Waals surface area contributed by atoms with Gasteiger partial charge in [-0.15, -0.1) is 0 Å². The summed E-state index contributed by atoms with van der Waals surface area (Å²) < 4.78 is 4.68. The number of halogens is 1. The molecule has 0 aromatic carbocycles. The van der Waals surface area contributed by atoms with Gasteiger partial charge in [-0.2, -0.15) is 0 Å². The van der Waals surface area contributed by atoms with E-state index in [-0.39, 0.29) is 5.56 Å². The van der Waals surface area contributed by atoms with Crippen LogP contribution in [0.1, 0.15) is 6.92 Å². The molecule has 0 radical (unpaired) electrons. The van der Waals surface area contributed by atoms with E-state index in [1.54, 1.807) is 0 Å². The first-order valence-corrected chi connectivity index (χ1v) is 4.29. The third-order valence-corrected chi connectivity index (χ3v) is 1.44. The molecule has 1 rings (SSSR count). The summed E-state index contributed by atoms with van der Waals surface area (Å²) in [7, 11) is 0. The minimum Gasteiger partial charge on any atom is -0.478 e.